The van der Waals surface area contributed by atoms with Gasteiger partial charge in [0.1, 0.15) is 11.6 Å². The highest BCUT2D eigenvalue weighted by molar-refractivity contribution is 6.24. The monoisotopic (exact) mass is 323 g/mol. The third-order valence-corrected chi connectivity index (χ3v) is 5.29. The Bertz CT molecular complexity index is 835. The molecule has 0 aromatic rings. The molecule has 0 amide bonds. The van der Waals surface area contributed by atoms with Gasteiger partial charge in [0.25, 0.3) is 0 Å². The molecule has 0 N–H and O–H groups in total. The van der Waals surface area contributed by atoms with Crippen LogP contribution in [0.4, 0.5) is 0 Å². The van der Waals surface area contributed by atoms with Crippen LogP contribution in [0, 0.1) is 28.1 Å². The molecule has 0 bridgehead atoms. The highest BCUT2D eigenvalue weighted by Gasteiger charge is 2.53. The van der Waals surface area contributed by atoms with Crippen LogP contribution in [0.1, 0.15) is 47.5 Å². The second-order valence-electron chi connectivity index (χ2n) is 8.36. The lowest BCUT2D eigenvalue weighted by atomic mass is 9.67. The summed E-state index contributed by atoms with van der Waals surface area (Å²) in [5, 5.41) is 9.59. The third kappa shape index (κ3) is 2.00. The SMILES string of the molecule is CC(C)(C)C(=O)C(C#N)=C1C(=O)C(C)(C)C2=C1C=C1CCC1C2=O. The minimum atomic E-state index is -0.986. The Hall–Kier alpha value is -2.28. The summed E-state index contributed by atoms with van der Waals surface area (Å²) in [4.78, 5) is 38.5. The third-order valence-electron chi connectivity index (χ3n) is 5.29. The Morgan fingerprint density at radius 3 is 2.38 bits per heavy atom. The average Bonchev–Trinajstić information content (AvgIpc) is 2.62. The molecule has 124 valence electrons. The predicted octanol–water partition coefficient (Wildman–Crippen LogP) is 3.25. The van der Waals surface area contributed by atoms with Crippen molar-refractivity contribution in [3.63, 3.8) is 0 Å². The molecule has 4 heteroatoms. The van der Waals surface area contributed by atoms with E-state index in [4.69, 9.17) is 0 Å². The van der Waals surface area contributed by atoms with Crippen molar-refractivity contribution in [3.05, 3.63) is 33.9 Å². The van der Waals surface area contributed by atoms with E-state index in [1.54, 1.807) is 34.6 Å². The van der Waals surface area contributed by atoms with E-state index >= 15 is 0 Å². The van der Waals surface area contributed by atoms with Crippen LogP contribution in [-0.4, -0.2) is 17.3 Å². The van der Waals surface area contributed by atoms with Crippen LogP contribution in [-0.2, 0) is 14.4 Å². The van der Waals surface area contributed by atoms with Gasteiger partial charge in [-0.05, 0) is 32.3 Å². The fourth-order valence-corrected chi connectivity index (χ4v) is 3.73. The number of nitrogens with zero attached hydrogens (tertiary/aromatic N) is 1. The highest BCUT2D eigenvalue weighted by Crippen LogP contribution is 2.53. The fourth-order valence-electron chi connectivity index (χ4n) is 3.73. The summed E-state index contributed by atoms with van der Waals surface area (Å²) in [7, 11) is 0. The Kier molecular flexibility index (Phi) is 3.36. The highest BCUT2D eigenvalue weighted by atomic mass is 16.1. The normalized spacial score (nSPS) is 27.0. The lowest BCUT2D eigenvalue weighted by Gasteiger charge is -2.35. The van der Waals surface area contributed by atoms with E-state index < -0.39 is 10.8 Å². The number of nitriles is 1. The first-order valence-electron chi connectivity index (χ1n) is 8.25. The van der Waals surface area contributed by atoms with E-state index in [1.807, 2.05) is 12.1 Å². The van der Waals surface area contributed by atoms with Gasteiger partial charge < -0.3 is 0 Å². The molecule has 1 atom stereocenters. The lowest BCUT2D eigenvalue weighted by molar-refractivity contribution is -0.126. The second kappa shape index (κ2) is 4.86. The number of carbonyl (C=O) groups is 3. The number of Topliss-reactive ketones (excluding diaryl/α,β-unsaturated/α-hetero) is 3. The van der Waals surface area contributed by atoms with Gasteiger partial charge in [-0.25, -0.2) is 0 Å². The Morgan fingerprint density at radius 1 is 1.29 bits per heavy atom. The first-order valence-corrected chi connectivity index (χ1v) is 8.25. The molecule has 1 saturated carbocycles. The standard InChI is InChI=1S/C20H21NO3/c1-19(2,3)17(23)13(9-21)14-12-8-10-6-7-11(10)16(22)15(12)20(4,5)18(14)24/h8,11H,6-7H2,1-5H3. The van der Waals surface area contributed by atoms with Gasteiger partial charge in [-0.2, -0.15) is 5.26 Å². The number of fused-ring (bicyclic) bond motifs is 1. The molecule has 0 radical (unpaired) electrons. The van der Waals surface area contributed by atoms with Gasteiger partial charge in [0.2, 0.25) is 0 Å². The molecule has 1 unspecified atom stereocenters. The van der Waals surface area contributed by atoms with E-state index in [0.717, 1.165) is 18.4 Å². The number of hydrogen-bond acceptors (Lipinski definition) is 4. The van der Waals surface area contributed by atoms with Crippen molar-refractivity contribution in [2.24, 2.45) is 16.7 Å². The Labute approximate surface area is 141 Å². The maximum Gasteiger partial charge on any atom is 0.179 e. The maximum absolute atomic E-state index is 13.0. The van der Waals surface area contributed by atoms with Crippen molar-refractivity contribution in [1.29, 1.82) is 5.26 Å². The molecule has 1 fully saturated rings. The zero-order valence-electron chi connectivity index (χ0n) is 14.7. The van der Waals surface area contributed by atoms with Crippen LogP contribution >= 0.6 is 0 Å². The number of allylic oxidation sites excluding steroid dienone is 6. The first-order chi connectivity index (χ1) is 11.0. The van der Waals surface area contributed by atoms with Crippen LogP contribution in [0.3, 0.4) is 0 Å². The summed E-state index contributed by atoms with van der Waals surface area (Å²) in [6.07, 6.45) is 3.53. The average molecular weight is 323 g/mol. The molecule has 3 aliphatic carbocycles. The van der Waals surface area contributed by atoms with Gasteiger partial charge >= 0.3 is 0 Å². The zero-order valence-corrected chi connectivity index (χ0v) is 14.7. The summed E-state index contributed by atoms with van der Waals surface area (Å²) in [6, 6.07) is 1.94. The van der Waals surface area contributed by atoms with E-state index in [2.05, 4.69) is 0 Å². The van der Waals surface area contributed by atoms with Gasteiger partial charge in [-0.3, -0.25) is 14.4 Å². The Morgan fingerprint density at radius 2 is 1.92 bits per heavy atom. The zero-order chi connectivity index (χ0) is 18.0. The van der Waals surface area contributed by atoms with Crippen molar-refractivity contribution in [3.8, 4) is 6.07 Å². The summed E-state index contributed by atoms with van der Waals surface area (Å²) < 4.78 is 0. The quantitative estimate of drug-likeness (QED) is 0.548. The fraction of sp³-hybridized carbons (Fsp3) is 0.500. The van der Waals surface area contributed by atoms with Crippen LogP contribution in [0.2, 0.25) is 0 Å². The summed E-state index contributed by atoms with van der Waals surface area (Å²) in [5.74, 6) is -0.783. The van der Waals surface area contributed by atoms with Crippen LogP contribution in [0.15, 0.2) is 33.9 Å². The molecule has 4 nitrogen and oxygen atoms in total. The molecular formula is C20H21NO3. The molecule has 0 aromatic heterocycles. The number of carbonyl (C=O) groups excluding carboxylic acids is 3. The van der Waals surface area contributed by atoms with Crippen molar-refractivity contribution in [2.45, 2.75) is 47.5 Å². The Balaban J connectivity index is 2.30. The van der Waals surface area contributed by atoms with E-state index in [-0.39, 0.29) is 34.4 Å². The summed E-state index contributed by atoms with van der Waals surface area (Å²) >= 11 is 0. The van der Waals surface area contributed by atoms with E-state index in [9.17, 15) is 19.6 Å². The molecule has 0 aliphatic heterocycles. The van der Waals surface area contributed by atoms with Crippen LogP contribution in [0.25, 0.3) is 0 Å². The smallest absolute Gasteiger partial charge is 0.179 e. The molecular weight excluding hydrogens is 302 g/mol. The summed E-state index contributed by atoms with van der Waals surface area (Å²) in [5.41, 5.74) is 0.273. The van der Waals surface area contributed by atoms with Crippen LogP contribution < -0.4 is 0 Å². The van der Waals surface area contributed by atoms with Gasteiger partial charge in [-0.15, -0.1) is 0 Å². The molecule has 0 spiro atoms. The van der Waals surface area contributed by atoms with Crippen molar-refractivity contribution < 1.29 is 14.4 Å². The molecule has 3 rings (SSSR count). The first kappa shape index (κ1) is 16.6. The molecule has 24 heavy (non-hydrogen) atoms. The van der Waals surface area contributed by atoms with E-state index in [0.29, 0.717) is 11.1 Å². The van der Waals surface area contributed by atoms with Crippen molar-refractivity contribution in [1.82, 2.24) is 0 Å². The topological polar surface area (TPSA) is 75.0 Å². The van der Waals surface area contributed by atoms with Crippen molar-refractivity contribution in [2.75, 3.05) is 0 Å². The number of ketones is 3. The minimum absolute atomic E-state index is 0.0115. The molecule has 0 heterocycles. The second-order valence-corrected chi connectivity index (χ2v) is 8.36. The molecule has 3 aliphatic rings. The lowest BCUT2D eigenvalue weighted by Crippen LogP contribution is -2.34. The number of rotatable bonds is 1. The van der Waals surface area contributed by atoms with Gasteiger partial charge in [0.05, 0.1) is 5.41 Å². The number of hydrogen-bond donors (Lipinski definition) is 0. The molecule has 0 saturated heterocycles. The maximum atomic E-state index is 13.0. The van der Waals surface area contributed by atoms with Gasteiger partial charge in [-0.1, -0.05) is 32.4 Å². The van der Waals surface area contributed by atoms with Gasteiger partial charge in [0, 0.05) is 22.5 Å². The summed E-state index contributed by atoms with van der Waals surface area (Å²) in [6.45, 7) is 8.59. The van der Waals surface area contributed by atoms with Crippen LogP contribution in [0.5, 0.6) is 0 Å². The van der Waals surface area contributed by atoms with Gasteiger partial charge in [0.15, 0.2) is 17.3 Å². The molecule has 0 aromatic carbocycles. The largest absolute Gasteiger partial charge is 0.294 e. The van der Waals surface area contributed by atoms with Crippen molar-refractivity contribution >= 4 is 17.3 Å². The minimum Gasteiger partial charge on any atom is -0.294 e. The predicted molar refractivity (Wildman–Crippen MR) is 88.7 cm³/mol. The van der Waals surface area contributed by atoms with E-state index in [1.165, 1.54) is 0 Å².